The first-order valence-corrected chi connectivity index (χ1v) is 7.35. The molecular formula is C16H17FN4O. The molecule has 3 rings (SSSR count). The summed E-state index contributed by atoms with van der Waals surface area (Å²) in [4.78, 5) is 22.2. The highest BCUT2D eigenvalue weighted by Gasteiger charge is 2.12. The molecule has 0 unspecified atom stereocenters. The first kappa shape index (κ1) is 14.4. The predicted octanol–water partition coefficient (Wildman–Crippen LogP) is 2.86. The average molecular weight is 300 g/mol. The lowest BCUT2D eigenvalue weighted by Crippen LogP contribution is -2.29. The average Bonchev–Trinajstić information content (AvgIpc) is 2.56. The zero-order chi connectivity index (χ0) is 15.4. The van der Waals surface area contributed by atoms with Gasteiger partial charge in [-0.05, 0) is 37.5 Å². The van der Waals surface area contributed by atoms with E-state index < -0.39 is 11.7 Å². The Kier molecular flexibility index (Phi) is 4.27. The number of hydrogen-bond acceptors (Lipinski definition) is 4. The number of halogens is 1. The van der Waals surface area contributed by atoms with Crippen LogP contribution in [0.4, 0.5) is 15.9 Å². The molecule has 0 bridgehead atoms. The van der Waals surface area contributed by atoms with Crippen molar-refractivity contribution in [3.63, 3.8) is 0 Å². The third kappa shape index (κ3) is 3.39. The Hall–Kier alpha value is -2.50. The van der Waals surface area contributed by atoms with Gasteiger partial charge in [0.05, 0.1) is 23.6 Å². The van der Waals surface area contributed by atoms with E-state index >= 15 is 0 Å². The number of amides is 1. The van der Waals surface area contributed by atoms with Gasteiger partial charge in [-0.2, -0.15) is 0 Å². The van der Waals surface area contributed by atoms with Crippen molar-refractivity contribution in [3.8, 4) is 0 Å². The van der Waals surface area contributed by atoms with Crippen molar-refractivity contribution >= 4 is 17.4 Å². The fourth-order valence-electron chi connectivity index (χ4n) is 2.52. The van der Waals surface area contributed by atoms with Crippen LogP contribution >= 0.6 is 0 Å². The number of carbonyl (C=O) groups is 1. The highest BCUT2D eigenvalue weighted by molar-refractivity contribution is 6.03. The number of pyridine rings is 2. The van der Waals surface area contributed by atoms with Gasteiger partial charge < -0.3 is 10.2 Å². The molecule has 1 fully saturated rings. The normalized spacial score (nSPS) is 14.7. The van der Waals surface area contributed by atoms with Crippen LogP contribution in [0.3, 0.4) is 0 Å². The highest BCUT2D eigenvalue weighted by Crippen LogP contribution is 2.20. The van der Waals surface area contributed by atoms with Gasteiger partial charge in [-0.25, -0.2) is 9.37 Å². The van der Waals surface area contributed by atoms with Crippen molar-refractivity contribution in [2.45, 2.75) is 19.3 Å². The SMILES string of the molecule is O=C(Nc1ccc(N2CCCCC2)cn1)c1cncc(F)c1. The lowest BCUT2D eigenvalue weighted by atomic mass is 10.1. The zero-order valence-corrected chi connectivity index (χ0v) is 12.1. The molecule has 1 saturated heterocycles. The number of carbonyl (C=O) groups excluding carboxylic acids is 1. The van der Waals surface area contributed by atoms with E-state index in [9.17, 15) is 9.18 Å². The summed E-state index contributed by atoms with van der Waals surface area (Å²) in [5.41, 5.74) is 1.23. The molecule has 2 aromatic heterocycles. The van der Waals surface area contributed by atoms with Crippen molar-refractivity contribution in [2.24, 2.45) is 0 Å². The molecule has 6 heteroatoms. The number of piperidine rings is 1. The maximum absolute atomic E-state index is 13.1. The number of aromatic nitrogens is 2. The van der Waals surface area contributed by atoms with Crippen molar-refractivity contribution < 1.29 is 9.18 Å². The number of nitrogens with zero attached hydrogens (tertiary/aromatic N) is 3. The first-order chi connectivity index (χ1) is 10.7. The molecule has 0 aromatic carbocycles. The Balaban J connectivity index is 1.66. The summed E-state index contributed by atoms with van der Waals surface area (Å²) in [7, 11) is 0. The molecule has 1 amide bonds. The summed E-state index contributed by atoms with van der Waals surface area (Å²) in [6.07, 6.45) is 7.81. The van der Waals surface area contributed by atoms with Gasteiger partial charge in [-0.1, -0.05) is 0 Å². The van der Waals surface area contributed by atoms with Crippen LogP contribution in [-0.2, 0) is 0 Å². The highest BCUT2D eigenvalue weighted by atomic mass is 19.1. The summed E-state index contributed by atoms with van der Waals surface area (Å²) in [6, 6.07) is 4.84. The molecule has 0 spiro atoms. The first-order valence-electron chi connectivity index (χ1n) is 7.35. The monoisotopic (exact) mass is 300 g/mol. The van der Waals surface area contributed by atoms with Gasteiger partial charge in [-0.3, -0.25) is 9.78 Å². The van der Waals surface area contributed by atoms with Crippen molar-refractivity contribution in [1.82, 2.24) is 9.97 Å². The quantitative estimate of drug-likeness (QED) is 0.947. The molecule has 2 aromatic rings. The van der Waals surface area contributed by atoms with E-state index in [-0.39, 0.29) is 5.56 Å². The van der Waals surface area contributed by atoms with Crippen LogP contribution in [0.15, 0.2) is 36.8 Å². The van der Waals surface area contributed by atoms with Crippen molar-refractivity contribution in [3.05, 3.63) is 48.2 Å². The molecule has 1 N–H and O–H groups in total. The summed E-state index contributed by atoms with van der Waals surface area (Å²) in [5.74, 6) is -0.527. The van der Waals surface area contributed by atoms with Crippen LogP contribution in [0.2, 0.25) is 0 Å². The summed E-state index contributed by atoms with van der Waals surface area (Å²) < 4.78 is 13.1. The molecule has 1 aliphatic heterocycles. The second-order valence-corrected chi connectivity index (χ2v) is 5.30. The Labute approximate surface area is 128 Å². The van der Waals surface area contributed by atoms with Gasteiger partial charge in [0.25, 0.3) is 5.91 Å². The maximum Gasteiger partial charge on any atom is 0.258 e. The van der Waals surface area contributed by atoms with Crippen LogP contribution in [0.5, 0.6) is 0 Å². The topological polar surface area (TPSA) is 58.1 Å². The Morgan fingerprint density at radius 1 is 1.14 bits per heavy atom. The van der Waals surface area contributed by atoms with E-state index in [2.05, 4.69) is 20.2 Å². The van der Waals surface area contributed by atoms with Crippen LogP contribution < -0.4 is 10.2 Å². The van der Waals surface area contributed by atoms with Gasteiger partial charge >= 0.3 is 0 Å². The van der Waals surface area contributed by atoms with Crippen LogP contribution in [0.1, 0.15) is 29.6 Å². The van der Waals surface area contributed by atoms with E-state index in [0.717, 1.165) is 31.0 Å². The van der Waals surface area contributed by atoms with Gasteiger partial charge in [-0.15, -0.1) is 0 Å². The third-order valence-corrected chi connectivity index (χ3v) is 3.68. The minimum Gasteiger partial charge on any atom is -0.370 e. The molecular weight excluding hydrogens is 283 g/mol. The second kappa shape index (κ2) is 6.51. The Morgan fingerprint density at radius 3 is 2.64 bits per heavy atom. The molecule has 0 saturated carbocycles. The fourth-order valence-corrected chi connectivity index (χ4v) is 2.52. The summed E-state index contributed by atoms with van der Waals surface area (Å²) in [5, 5.41) is 2.64. The van der Waals surface area contributed by atoms with Crippen LogP contribution in [0.25, 0.3) is 0 Å². The lowest BCUT2D eigenvalue weighted by Gasteiger charge is -2.28. The van der Waals surface area contributed by atoms with E-state index in [1.807, 2.05) is 6.07 Å². The number of rotatable bonds is 3. The van der Waals surface area contributed by atoms with Crippen molar-refractivity contribution in [2.75, 3.05) is 23.3 Å². The molecule has 1 aliphatic rings. The molecule has 114 valence electrons. The molecule has 0 aliphatic carbocycles. The van der Waals surface area contributed by atoms with Crippen molar-refractivity contribution in [1.29, 1.82) is 0 Å². The van der Waals surface area contributed by atoms with E-state index in [1.165, 1.54) is 25.5 Å². The molecule has 0 radical (unpaired) electrons. The predicted molar refractivity (Wildman–Crippen MR) is 82.4 cm³/mol. The molecule has 22 heavy (non-hydrogen) atoms. The van der Waals surface area contributed by atoms with E-state index in [4.69, 9.17) is 0 Å². The third-order valence-electron chi connectivity index (χ3n) is 3.68. The fraction of sp³-hybridized carbons (Fsp3) is 0.312. The Bertz CT molecular complexity index is 653. The van der Waals surface area contributed by atoms with Crippen LogP contribution in [-0.4, -0.2) is 29.0 Å². The van der Waals surface area contributed by atoms with Gasteiger partial charge in [0.15, 0.2) is 0 Å². The molecule has 5 nitrogen and oxygen atoms in total. The lowest BCUT2D eigenvalue weighted by molar-refractivity contribution is 0.102. The summed E-state index contributed by atoms with van der Waals surface area (Å²) in [6.45, 7) is 2.09. The van der Waals surface area contributed by atoms with Gasteiger partial charge in [0.2, 0.25) is 0 Å². The molecule has 3 heterocycles. The minimum atomic E-state index is -0.541. The number of hydrogen-bond donors (Lipinski definition) is 1. The minimum absolute atomic E-state index is 0.168. The summed E-state index contributed by atoms with van der Waals surface area (Å²) >= 11 is 0. The van der Waals surface area contributed by atoms with E-state index in [1.54, 1.807) is 12.3 Å². The van der Waals surface area contributed by atoms with Crippen LogP contribution in [0, 0.1) is 5.82 Å². The largest absolute Gasteiger partial charge is 0.370 e. The van der Waals surface area contributed by atoms with Gasteiger partial charge in [0, 0.05) is 19.3 Å². The Morgan fingerprint density at radius 2 is 1.95 bits per heavy atom. The van der Waals surface area contributed by atoms with Gasteiger partial charge in [0.1, 0.15) is 11.6 Å². The standard InChI is InChI=1S/C16H17FN4O/c17-13-8-12(9-18-10-13)16(22)20-15-5-4-14(11-19-15)21-6-2-1-3-7-21/h4-5,8-11H,1-3,6-7H2,(H,19,20,22). The van der Waals surface area contributed by atoms with E-state index in [0.29, 0.717) is 5.82 Å². The number of anilines is 2. The molecule has 0 atom stereocenters. The zero-order valence-electron chi connectivity index (χ0n) is 12.1. The smallest absolute Gasteiger partial charge is 0.258 e. The number of nitrogens with one attached hydrogen (secondary N) is 1. The maximum atomic E-state index is 13.1. The second-order valence-electron chi connectivity index (χ2n) is 5.30.